The number of hydrogen-bond donors (Lipinski definition) is 0. The molecule has 0 radical (unpaired) electrons. The maximum Gasteiger partial charge on any atom is 0.224 e. The molecule has 0 bridgehead atoms. The van der Waals surface area contributed by atoms with Crippen molar-refractivity contribution < 1.29 is 4.79 Å². The van der Waals surface area contributed by atoms with Crippen LogP contribution in [-0.2, 0) is 4.79 Å². The van der Waals surface area contributed by atoms with Crippen molar-refractivity contribution in [2.75, 3.05) is 11.9 Å². The summed E-state index contributed by atoms with van der Waals surface area (Å²) in [5.41, 5.74) is 0.947. The standard InChI is InChI=1S/C10H15N3O/c1-7(2)9-5-10(12-6-11-9)13(4)8(3)14/h5-7H,1-4H3. The molecule has 76 valence electrons. The number of aromatic nitrogens is 2. The molecule has 1 aromatic rings. The van der Waals surface area contributed by atoms with E-state index in [1.165, 1.54) is 18.2 Å². The van der Waals surface area contributed by atoms with Crippen LogP contribution in [0.5, 0.6) is 0 Å². The van der Waals surface area contributed by atoms with Gasteiger partial charge in [-0.15, -0.1) is 0 Å². The highest BCUT2D eigenvalue weighted by Gasteiger charge is 2.09. The minimum absolute atomic E-state index is 0.0293. The third kappa shape index (κ3) is 2.28. The zero-order valence-corrected chi connectivity index (χ0v) is 8.98. The summed E-state index contributed by atoms with van der Waals surface area (Å²) in [5.74, 6) is 0.965. The SMILES string of the molecule is CC(=O)N(C)c1cc(C(C)C)ncn1. The molecule has 0 aliphatic heterocycles. The molecule has 0 N–H and O–H groups in total. The number of anilines is 1. The number of rotatable bonds is 2. The van der Waals surface area contributed by atoms with Gasteiger partial charge < -0.3 is 4.90 Å². The Hall–Kier alpha value is -1.45. The van der Waals surface area contributed by atoms with Gasteiger partial charge in [0.05, 0.1) is 0 Å². The number of nitrogens with zero attached hydrogens (tertiary/aromatic N) is 3. The maximum absolute atomic E-state index is 11.1. The van der Waals surface area contributed by atoms with E-state index in [1.807, 2.05) is 6.07 Å². The second-order valence-electron chi connectivity index (χ2n) is 3.53. The predicted octanol–water partition coefficient (Wildman–Crippen LogP) is 1.58. The van der Waals surface area contributed by atoms with Crippen LogP contribution in [0, 0.1) is 0 Å². The maximum atomic E-state index is 11.1. The minimum atomic E-state index is -0.0293. The van der Waals surface area contributed by atoms with Crippen LogP contribution in [0.3, 0.4) is 0 Å². The molecule has 0 unspecified atom stereocenters. The van der Waals surface area contributed by atoms with E-state index in [4.69, 9.17) is 0 Å². The minimum Gasteiger partial charge on any atom is -0.300 e. The summed E-state index contributed by atoms with van der Waals surface area (Å²) in [6, 6.07) is 1.84. The second-order valence-corrected chi connectivity index (χ2v) is 3.53. The highest BCUT2D eigenvalue weighted by atomic mass is 16.2. The summed E-state index contributed by atoms with van der Waals surface area (Å²) in [6.07, 6.45) is 1.49. The lowest BCUT2D eigenvalue weighted by Crippen LogP contribution is -2.24. The lowest BCUT2D eigenvalue weighted by Gasteiger charge is -2.14. The van der Waals surface area contributed by atoms with Crippen molar-refractivity contribution in [2.24, 2.45) is 0 Å². The highest BCUT2D eigenvalue weighted by Crippen LogP contribution is 2.15. The van der Waals surface area contributed by atoms with Gasteiger partial charge in [-0.1, -0.05) is 13.8 Å². The molecule has 0 saturated heterocycles. The Labute approximate surface area is 84.0 Å². The van der Waals surface area contributed by atoms with Crippen molar-refractivity contribution >= 4 is 11.7 Å². The third-order valence-corrected chi connectivity index (χ3v) is 2.08. The Morgan fingerprint density at radius 2 is 2.07 bits per heavy atom. The van der Waals surface area contributed by atoms with E-state index in [2.05, 4.69) is 23.8 Å². The molecule has 4 heteroatoms. The van der Waals surface area contributed by atoms with E-state index in [1.54, 1.807) is 7.05 Å². The van der Waals surface area contributed by atoms with Crippen LogP contribution in [0.15, 0.2) is 12.4 Å². The Morgan fingerprint density at radius 3 is 2.57 bits per heavy atom. The predicted molar refractivity (Wildman–Crippen MR) is 55.2 cm³/mol. The van der Waals surface area contributed by atoms with Crippen LogP contribution in [-0.4, -0.2) is 22.9 Å². The van der Waals surface area contributed by atoms with Gasteiger partial charge in [0, 0.05) is 25.7 Å². The zero-order valence-electron chi connectivity index (χ0n) is 8.98. The average molecular weight is 193 g/mol. The molecular formula is C10H15N3O. The molecule has 1 heterocycles. The molecule has 0 spiro atoms. The molecule has 4 nitrogen and oxygen atoms in total. The summed E-state index contributed by atoms with van der Waals surface area (Å²) in [6.45, 7) is 5.62. The Morgan fingerprint density at radius 1 is 1.43 bits per heavy atom. The van der Waals surface area contributed by atoms with Crippen molar-refractivity contribution in [2.45, 2.75) is 26.7 Å². The molecule has 0 fully saturated rings. The van der Waals surface area contributed by atoms with Gasteiger partial charge in [-0.05, 0) is 5.92 Å². The van der Waals surface area contributed by atoms with Gasteiger partial charge in [-0.25, -0.2) is 9.97 Å². The van der Waals surface area contributed by atoms with Gasteiger partial charge in [0.2, 0.25) is 5.91 Å². The first-order chi connectivity index (χ1) is 6.52. The first-order valence-electron chi connectivity index (χ1n) is 4.58. The largest absolute Gasteiger partial charge is 0.300 e. The number of carbonyl (C=O) groups is 1. The summed E-state index contributed by atoms with van der Waals surface area (Å²) in [4.78, 5) is 20.8. The molecule has 1 rings (SSSR count). The normalized spacial score (nSPS) is 10.4. The van der Waals surface area contributed by atoms with Gasteiger partial charge in [0.1, 0.15) is 12.1 Å². The molecule has 1 aromatic heterocycles. The Balaban J connectivity index is 2.99. The number of hydrogen-bond acceptors (Lipinski definition) is 3. The highest BCUT2D eigenvalue weighted by molar-refractivity contribution is 5.89. The summed E-state index contributed by atoms with van der Waals surface area (Å²) < 4.78 is 0. The van der Waals surface area contributed by atoms with Gasteiger partial charge in [0.15, 0.2) is 0 Å². The molecule has 1 amide bonds. The van der Waals surface area contributed by atoms with Crippen LogP contribution in [0.25, 0.3) is 0 Å². The molecular weight excluding hydrogens is 178 g/mol. The molecule has 0 atom stereocenters. The first kappa shape index (κ1) is 10.6. The van der Waals surface area contributed by atoms with Crippen LogP contribution < -0.4 is 4.90 Å². The van der Waals surface area contributed by atoms with E-state index in [0.717, 1.165) is 5.69 Å². The van der Waals surface area contributed by atoms with Crippen LogP contribution in [0.2, 0.25) is 0 Å². The van der Waals surface area contributed by atoms with Crippen LogP contribution >= 0.6 is 0 Å². The topological polar surface area (TPSA) is 46.1 Å². The van der Waals surface area contributed by atoms with Crippen molar-refractivity contribution in [3.63, 3.8) is 0 Å². The zero-order chi connectivity index (χ0) is 10.7. The van der Waals surface area contributed by atoms with Crippen molar-refractivity contribution in [1.82, 2.24) is 9.97 Å². The summed E-state index contributed by atoms with van der Waals surface area (Å²) in [7, 11) is 1.70. The smallest absolute Gasteiger partial charge is 0.224 e. The third-order valence-electron chi connectivity index (χ3n) is 2.08. The van der Waals surface area contributed by atoms with Crippen molar-refractivity contribution in [1.29, 1.82) is 0 Å². The fraction of sp³-hybridized carbons (Fsp3) is 0.500. The van der Waals surface area contributed by atoms with Gasteiger partial charge in [-0.2, -0.15) is 0 Å². The lowest BCUT2D eigenvalue weighted by atomic mass is 10.1. The summed E-state index contributed by atoms with van der Waals surface area (Å²) >= 11 is 0. The van der Waals surface area contributed by atoms with Crippen LogP contribution in [0.1, 0.15) is 32.4 Å². The van der Waals surface area contributed by atoms with Crippen molar-refractivity contribution in [3.8, 4) is 0 Å². The Kier molecular flexibility index (Phi) is 3.17. The van der Waals surface area contributed by atoms with Crippen molar-refractivity contribution in [3.05, 3.63) is 18.1 Å². The van der Waals surface area contributed by atoms with E-state index in [-0.39, 0.29) is 5.91 Å². The molecule has 0 aromatic carbocycles. The number of amides is 1. The Bertz CT molecular complexity index is 336. The van der Waals surface area contributed by atoms with Gasteiger partial charge in [-0.3, -0.25) is 4.79 Å². The summed E-state index contributed by atoms with van der Waals surface area (Å²) in [5, 5.41) is 0. The first-order valence-corrected chi connectivity index (χ1v) is 4.58. The molecule has 0 aliphatic rings. The van der Waals surface area contributed by atoms with E-state index >= 15 is 0 Å². The lowest BCUT2D eigenvalue weighted by molar-refractivity contribution is -0.116. The van der Waals surface area contributed by atoms with Gasteiger partial charge in [0.25, 0.3) is 0 Å². The monoisotopic (exact) mass is 193 g/mol. The fourth-order valence-electron chi connectivity index (χ4n) is 1.02. The average Bonchev–Trinajstić information content (AvgIpc) is 2.16. The molecule has 0 saturated carbocycles. The quantitative estimate of drug-likeness (QED) is 0.716. The fourth-order valence-corrected chi connectivity index (χ4v) is 1.02. The van der Waals surface area contributed by atoms with E-state index in [9.17, 15) is 4.79 Å². The van der Waals surface area contributed by atoms with Crippen LogP contribution in [0.4, 0.5) is 5.82 Å². The van der Waals surface area contributed by atoms with E-state index in [0.29, 0.717) is 11.7 Å². The number of carbonyl (C=O) groups excluding carboxylic acids is 1. The molecule has 0 aliphatic carbocycles. The van der Waals surface area contributed by atoms with E-state index < -0.39 is 0 Å². The second kappa shape index (κ2) is 4.17. The van der Waals surface area contributed by atoms with Gasteiger partial charge >= 0.3 is 0 Å². The molecule has 14 heavy (non-hydrogen) atoms.